The SMILES string of the molecule is O=C(Nc1nnc(-c2ccsc2)o1)C1COc2ccccc2O1. The highest BCUT2D eigenvalue weighted by Crippen LogP contribution is 2.31. The van der Waals surface area contributed by atoms with Crippen LogP contribution in [0.2, 0.25) is 0 Å². The van der Waals surface area contributed by atoms with Crippen LogP contribution in [0.15, 0.2) is 45.5 Å². The molecule has 3 aromatic rings. The Morgan fingerprint density at radius 3 is 2.91 bits per heavy atom. The summed E-state index contributed by atoms with van der Waals surface area (Å²) in [6, 6.07) is 9.07. The van der Waals surface area contributed by atoms with Gasteiger partial charge in [-0.25, -0.2) is 0 Å². The summed E-state index contributed by atoms with van der Waals surface area (Å²) in [6.45, 7) is 0.119. The quantitative estimate of drug-likeness (QED) is 0.795. The van der Waals surface area contributed by atoms with Crippen LogP contribution < -0.4 is 14.8 Å². The van der Waals surface area contributed by atoms with Crippen molar-refractivity contribution in [2.24, 2.45) is 0 Å². The first kappa shape index (κ1) is 13.8. The molecule has 0 aliphatic carbocycles. The Hall–Kier alpha value is -2.87. The molecule has 8 heteroatoms. The number of nitrogens with one attached hydrogen (secondary N) is 1. The fraction of sp³-hybridized carbons (Fsp3) is 0.133. The van der Waals surface area contributed by atoms with E-state index < -0.39 is 12.0 Å². The Morgan fingerprint density at radius 1 is 1.22 bits per heavy atom. The highest BCUT2D eigenvalue weighted by molar-refractivity contribution is 7.08. The Labute approximate surface area is 134 Å². The molecule has 3 heterocycles. The van der Waals surface area contributed by atoms with Crippen LogP contribution >= 0.6 is 11.3 Å². The van der Waals surface area contributed by atoms with Crippen LogP contribution in [0.1, 0.15) is 0 Å². The third-order valence-electron chi connectivity index (χ3n) is 3.22. The lowest BCUT2D eigenvalue weighted by molar-refractivity contribution is -0.125. The summed E-state index contributed by atoms with van der Waals surface area (Å²) in [7, 11) is 0. The van der Waals surface area contributed by atoms with Crippen molar-refractivity contribution in [1.82, 2.24) is 10.2 Å². The summed E-state index contributed by atoms with van der Waals surface area (Å²) < 4.78 is 16.5. The zero-order valence-corrected chi connectivity index (χ0v) is 12.6. The molecule has 116 valence electrons. The summed E-state index contributed by atoms with van der Waals surface area (Å²) in [5.41, 5.74) is 0.814. The van der Waals surface area contributed by atoms with E-state index in [4.69, 9.17) is 13.9 Å². The lowest BCUT2D eigenvalue weighted by Gasteiger charge is -2.24. The van der Waals surface area contributed by atoms with Crippen molar-refractivity contribution in [1.29, 1.82) is 0 Å². The second-order valence-corrected chi connectivity index (χ2v) is 5.56. The number of hydrogen-bond donors (Lipinski definition) is 1. The maximum absolute atomic E-state index is 12.2. The molecule has 0 saturated heterocycles. The van der Waals surface area contributed by atoms with Gasteiger partial charge in [0.25, 0.3) is 11.8 Å². The fourth-order valence-corrected chi connectivity index (χ4v) is 2.74. The number of ether oxygens (including phenoxy) is 2. The van der Waals surface area contributed by atoms with E-state index in [2.05, 4.69) is 15.5 Å². The lowest BCUT2D eigenvalue weighted by atomic mass is 10.2. The zero-order valence-electron chi connectivity index (χ0n) is 11.8. The van der Waals surface area contributed by atoms with E-state index in [1.54, 1.807) is 12.1 Å². The minimum atomic E-state index is -0.776. The number of para-hydroxylation sites is 2. The van der Waals surface area contributed by atoms with E-state index in [1.165, 1.54) is 11.3 Å². The molecule has 0 bridgehead atoms. The molecule has 1 atom stereocenters. The van der Waals surface area contributed by atoms with Gasteiger partial charge in [-0.3, -0.25) is 10.1 Å². The normalized spacial score (nSPS) is 16.1. The number of anilines is 1. The van der Waals surface area contributed by atoms with Gasteiger partial charge in [-0.1, -0.05) is 17.2 Å². The standard InChI is InChI=1S/C15H11N3O4S/c19-13(12-7-20-10-3-1-2-4-11(10)21-12)16-15-18-17-14(22-15)9-5-6-23-8-9/h1-6,8,12H,7H2,(H,16,18,19). The summed E-state index contributed by atoms with van der Waals surface area (Å²) in [6.07, 6.45) is -0.776. The molecule has 0 saturated carbocycles. The molecule has 1 aliphatic rings. The van der Waals surface area contributed by atoms with Gasteiger partial charge in [-0.15, -0.1) is 5.10 Å². The van der Waals surface area contributed by atoms with Gasteiger partial charge in [0, 0.05) is 10.9 Å². The van der Waals surface area contributed by atoms with E-state index in [0.717, 1.165) is 5.56 Å². The van der Waals surface area contributed by atoms with E-state index in [1.807, 2.05) is 29.0 Å². The molecular weight excluding hydrogens is 318 g/mol. The molecule has 1 unspecified atom stereocenters. The Balaban J connectivity index is 1.45. The number of benzene rings is 1. The molecule has 1 aliphatic heterocycles. The van der Waals surface area contributed by atoms with Gasteiger partial charge in [-0.05, 0) is 23.6 Å². The molecule has 1 aromatic carbocycles. The van der Waals surface area contributed by atoms with Crippen molar-refractivity contribution in [2.75, 3.05) is 11.9 Å². The molecule has 0 spiro atoms. The number of carbonyl (C=O) groups excluding carboxylic acids is 1. The smallest absolute Gasteiger partial charge is 0.322 e. The minimum Gasteiger partial charge on any atom is -0.485 e. The number of amides is 1. The second kappa shape index (κ2) is 5.73. The number of aromatic nitrogens is 2. The van der Waals surface area contributed by atoms with Crippen molar-refractivity contribution in [3.63, 3.8) is 0 Å². The summed E-state index contributed by atoms with van der Waals surface area (Å²) in [5.74, 6) is 1.10. The van der Waals surface area contributed by atoms with Crippen molar-refractivity contribution >= 4 is 23.3 Å². The lowest BCUT2D eigenvalue weighted by Crippen LogP contribution is -2.40. The monoisotopic (exact) mass is 329 g/mol. The van der Waals surface area contributed by atoms with Gasteiger partial charge < -0.3 is 13.9 Å². The van der Waals surface area contributed by atoms with Crippen LogP contribution in [0, 0.1) is 0 Å². The van der Waals surface area contributed by atoms with Gasteiger partial charge >= 0.3 is 6.01 Å². The average Bonchev–Trinajstić information content (AvgIpc) is 3.25. The molecule has 2 aromatic heterocycles. The maximum atomic E-state index is 12.2. The molecule has 7 nitrogen and oxygen atoms in total. The molecule has 4 rings (SSSR count). The number of rotatable bonds is 3. The van der Waals surface area contributed by atoms with Gasteiger partial charge in [0.1, 0.15) is 6.61 Å². The van der Waals surface area contributed by atoms with Crippen molar-refractivity contribution in [2.45, 2.75) is 6.10 Å². The minimum absolute atomic E-state index is 0.0265. The van der Waals surface area contributed by atoms with Crippen LogP contribution in [0.5, 0.6) is 11.5 Å². The number of carbonyl (C=O) groups is 1. The first-order chi connectivity index (χ1) is 11.3. The molecule has 0 radical (unpaired) electrons. The van der Waals surface area contributed by atoms with Crippen molar-refractivity contribution < 1.29 is 18.7 Å². The van der Waals surface area contributed by atoms with Crippen LogP contribution in [-0.4, -0.2) is 28.8 Å². The topological polar surface area (TPSA) is 86.5 Å². The first-order valence-electron chi connectivity index (χ1n) is 6.85. The summed E-state index contributed by atoms with van der Waals surface area (Å²) in [5, 5.41) is 14.0. The van der Waals surface area contributed by atoms with E-state index in [9.17, 15) is 4.79 Å². The highest BCUT2D eigenvalue weighted by atomic mass is 32.1. The predicted octanol–water partition coefficient (Wildman–Crippen LogP) is 2.58. The van der Waals surface area contributed by atoms with Crippen LogP contribution in [0.25, 0.3) is 11.5 Å². The van der Waals surface area contributed by atoms with Crippen molar-refractivity contribution in [3.8, 4) is 23.0 Å². The maximum Gasteiger partial charge on any atom is 0.322 e. The third kappa shape index (κ3) is 2.76. The number of thiophene rings is 1. The largest absolute Gasteiger partial charge is 0.485 e. The summed E-state index contributed by atoms with van der Waals surface area (Å²) >= 11 is 1.52. The zero-order chi connectivity index (χ0) is 15.6. The third-order valence-corrected chi connectivity index (χ3v) is 3.91. The van der Waals surface area contributed by atoms with E-state index >= 15 is 0 Å². The Kier molecular flexibility index (Phi) is 3.43. The number of hydrogen-bond acceptors (Lipinski definition) is 7. The van der Waals surface area contributed by atoms with Crippen LogP contribution in [0.3, 0.4) is 0 Å². The second-order valence-electron chi connectivity index (χ2n) is 4.78. The van der Waals surface area contributed by atoms with Gasteiger partial charge in [0.05, 0.1) is 0 Å². The Morgan fingerprint density at radius 2 is 2.09 bits per heavy atom. The van der Waals surface area contributed by atoms with Gasteiger partial charge in [0.2, 0.25) is 6.10 Å². The predicted molar refractivity (Wildman–Crippen MR) is 82.6 cm³/mol. The number of nitrogens with zero attached hydrogens (tertiary/aromatic N) is 2. The fourth-order valence-electron chi connectivity index (χ4n) is 2.11. The average molecular weight is 329 g/mol. The molecule has 1 amide bonds. The summed E-state index contributed by atoms with van der Waals surface area (Å²) in [4.78, 5) is 12.2. The van der Waals surface area contributed by atoms with Crippen molar-refractivity contribution in [3.05, 3.63) is 41.1 Å². The molecular formula is C15H11N3O4S. The van der Waals surface area contributed by atoms with E-state index in [-0.39, 0.29) is 12.6 Å². The molecule has 0 fully saturated rings. The van der Waals surface area contributed by atoms with Crippen LogP contribution in [-0.2, 0) is 4.79 Å². The molecule has 23 heavy (non-hydrogen) atoms. The van der Waals surface area contributed by atoms with Gasteiger partial charge in [0.15, 0.2) is 11.5 Å². The number of fused-ring (bicyclic) bond motifs is 1. The van der Waals surface area contributed by atoms with E-state index in [0.29, 0.717) is 17.4 Å². The van der Waals surface area contributed by atoms with Crippen LogP contribution in [0.4, 0.5) is 6.01 Å². The molecule has 1 N–H and O–H groups in total. The van der Waals surface area contributed by atoms with Gasteiger partial charge in [-0.2, -0.15) is 11.3 Å². The Bertz CT molecular complexity index is 831. The highest BCUT2D eigenvalue weighted by Gasteiger charge is 2.28. The first-order valence-corrected chi connectivity index (χ1v) is 7.79.